The van der Waals surface area contributed by atoms with E-state index in [4.69, 9.17) is 0 Å². The summed E-state index contributed by atoms with van der Waals surface area (Å²) >= 11 is 3.02. The number of amides is 1. The molecule has 174 valence electrons. The summed E-state index contributed by atoms with van der Waals surface area (Å²) in [7, 11) is 0. The second-order valence-corrected chi connectivity index (χ2v) is 9.73. The predicted octanol–water partition coefficient (Wildman–Crippen LogP) is 4.43. The van der Waals surface area contributed by atoms with Gasteiger partial charge < -0.3 is 9.80 Å². The van der Waals surface area contributed by atoms with Crippen LogP contribution in [0.5, 0.6) is 0 Å². The van der Waals surface area contributed by atoms with Crippen LogP contribution < -0.4 is 4.90 Å². The molecule has 1 aliphatic heterocycles. The summed E-state index contributed by atoms with van der Waals surface area (Å²) in [4.78, 5) is 21.3. The van der Waals surface area contributed by atoms with E-state index in [0.29, 0.717) is 43.3 Å². The highest BCUT2D eigenvalue weighted by molar-refractivity contribution is 7.98. The molecule has 0 aliphatic carbocycles. The number of carbonyl (C=O) groups is 1. The maximum Gasteiger partial charge on any atom is 0.273 e. The first kappa shape index (κ1) is 22.5. The van der Waals surface area contributed by atoms with E-state index in [1.54, 1.807) is 28.8 Å². The Morgan fingerprint density at radius 1 is 1.03 bits per heavy atom. The maximum absolute atomic E-state index is 14.1. The van der Waals surface area contributed by atoms with E-state index in [-0.39, 0.29) is 11.7 Å². The van der Waals surface area contributed by atoms with Crippen molar-refractivity contribution in [2.75, 3.05) is 31.1 Å². The molecule has 7 nitrogen and oxygen atoms in total. The SMILES string of the molecule is Cc1nnc(SCc2nc(C(=O)N3CCN(c4ccccc4F)CC3)cs2)n1-c1ccccc1. The molecule has 1 fully saturated rings. The number of thiazole rings is 1. The van der Waals surface area contributed by atoms with Crippen LogP contribution in [0.4, 0.5) is 10.1 Å². The summed E-state index contributed by atoms with van der Waals surface area (Å²) in [5.74, 6) is 1.11. The molecule has 0 radical (unpaired) electrons. The smallest absolute Gasteiger partial charge is 0.273 e. The lowest BCUT2D eigenvalue weighted by Gasteiger charge is -2.35. The Kier molecular flexibility index (Phi) is 6.59. The highest BCUT2D eigenvalue weighted by Gasteiger charge is 2.25. The van der Waals surface area contributed by atoms with E-state index >= 15 is 0 Å². The molecule has 5 rings (SSSR count). The predicted molar refractivity (Wildman–Crippen MR) is 132 cm³/mol. The number of hydrogen-bond acceptors (Lipinski definition) is 7. The van der Waals surface area contributed by atoms with Crippen LogP contribution in [0.2, 0.25) is 0 Å². The van der Waals surface area contributed by atoms with Crippen LogP contribution in [0.1, 0.15) is 21.3 Å². The van der Waals surface area contributed by atoms with Crippen molar-refractivity contribution in [3.05, 3.63) is 82.3 Å². The van der Waals surface area contributed by atoms with Crippen LogP contribution in [0.3, 0.4) is 0 Å². The maximum atomic E-state index is 14.1. The number of piperazine rings is 1. The van der Waals surface area contributed by atoms with E-state index in [1.807, 2.05) is 58.2 Å². The van der Waals surface area contributed by atoms with Crippen molar-refractivity contribution in [3.63, 3.8) is 0 Å². The molecule has 0 atom stereocenters. The van der Waals surface area contributed by atoms with Gasteiger partial charge in [0.15, 0.2) is 5.16 Å². The van der Waals surface area contributed by atoms with Gasteiger partial charge in [-0.05, 0) is 31.2 Å². The molecule has 0 unspecified atom stereocenters. The van der Waals surface area contributed by atoms with Gasteiger partial charge in [-0.3, -0.25) is 9.36 Å². The first-order valence-corrected chi connectivity index (χ1v) is 12.8. The first-order valence-electron chi connectivity index (χ1n) is 10.9. The van der Waals surface area contributed by atoms with Gasteiger partial charge in [0.05, 0.1) is 11.4 Å². The molecule has 4 aromatic rings. The topological polar surface area (TPSA) is 67.2 Å². The molecule has 1 saturated heterocycles. The summed E-state index contributed by atoms with van der Waals surface area (Å²) in [6.45, 7) is 4.18. The molecule has 3 heterocycles. The van der Waals surface area contributed by atoms with Crippen molar-refractivity contribution >= 4 is 34.7 Å². The normalized spacial score (nSPS) is 13.9. The third kappa shape index (κ3) is 4.69. The molecule has 0 bridgehead atoms. The fourth-order valence-corrected chi connectivity index (χ4v) is 5.72. The van der Waals surface area contributed by atoms with E-state index in [0.717, 1.165) is 21.7 Å². The number of halogens is 1. The van der Waals surface area contributed by atoms with Crippen molar-refractivity contribution in [1.82, 2.24) is 24.6 Å². The number of nitrogens with zero attached hydrogens (tertiary/aromatic N) is 6. The number of rotatable bonds is 6. The number of thioether (sulfide) groups is 1. The fraction of sp³-hybridized carbons (Fsp3) is 0.250. The highest BCUT2D eigenvalue weighted by Crippen LogP contribution is 2.27. The summed E-state index contributed by atoms with van der Waals surface area (Å²) < 4.78 is 16.1. The van der Waals surface area contributed by atoms with Gasteiger partial charge >= 0.3 is 0 Å². The van der Waals surface area contributed by atoms with E-state index < -0.39 is 0 Å². The molecule has 2 aromatic carbocycles. The van der Waals surface area contributed by atoms with Crippen LogP contribution in [0, 0.1) is 12.7 Å². The summed E-state index contributed by atoms with van der Waals surface area (Å²) in [5, 5.41) is 12.0. The number of para-hydroxylation sites is 2. The third-order valence-electron chi connectivity index (χ3n) is 5.67. The quantitative estimate of drug-likeness (QED) is 0.370. The van der Waals surface area contributed by atoms with Crippen LogP contribution in [-0.2, 0) is 5.75 Å². The summed E-state index contributed by atoms with van der Waals surface area (Å²) in [6.07, 6.45) is 0. The van der Waals surface area contributed by atoms with Crippen molar-refractivity contribution in [2.24, 2.45) is 0 Å². The molecule has 0 saturated carbocycles. The Balaban J connectivity index is 1.20. The Bertz CT molecular complexity index is 1280. The van der Waals surface area contributed by atoms with Gasteiger partial charge in [0, 0.05) is 37.2 Å². The molecule has 1 aliphatic rings. The molecule has 2 aromatic heterocycles. The second-order valence-electron chi connectivity index (χ2n) is 7.85. The molecule has 10 heteroatoms. The Hall–Kier alpha value is -3.24. The number of benzene rings is 2. The van der Waals surface area contributed by atoms with Crippen molar-refractivity contribution in [2.45, 2.75) is 17.8 Å². The largest absolute Gasteiger partial charge is 0.366 e. The number of carbonyl (C=O) groups excluding carboxylic acids is 1. The van der Waals surface area contributed by atoms with Crippen LogP contribution >= 0.6 is 23.1 Å². The standard InChI is InChI=1S/C24H23FN6OS2/c1-17-27-28-24(31(17)18-7-3-2-4-8-18)34-16-22-26-20(15-33-22)23(32)30-13-11-29(12-14-30)21-10-6-5-9-19(21)25/h2-10,15H,11-14,16H2,1H3. The molecule has 0 spiro atoms. The lowest BCUT2D eigenvalue weighted by atomic mass is 10.2. The minimum atomic E-state index is -0.234. The number of anilines is 1. The Morgan fingerprint density at radius 2 is 1.76 bits per heavy atom. The Morgan fingerprint density at radius 3 is 2.53 bits per heavy atom. The van der Waals surface area contributed by atoms with Crippen molar-refractivity contribution < 1.29 is 9.18 Å². The molecular weight excluding hydrogens is 471 g/mol. The lowest BCUT2D eigenvalue weighted by Crippen LogP contribution is -2.49. The average Bonchev–Trinajstić information content (AvgIpc) is 3.50. The number of aryl methyl sites for hydroxylation is 1. The van der Waals surface area contributed by atoms with Gasteiger partial charge in [-0.2, -0.15) is 0 Å². The second kappa shape index (κ2) is 9.94. The molecule has 34 heavy (non-hydrogen) atoms. The van der Waals surface area contributed by atoms with Crippen LogP contribution in [0.25, 0.3) is 5.69 Å². The van der Waals surface area contributed by atoms with Gasteiger partial charge in [0.1, 0.15) is 22.3 Å². The summed E-state index contributed by atoms with van der Waals surface area (Å²) in [6, 6.07) is 16.7. The van der Waals surface area contributed by atoms with E-state index in [2.05, 4.69) is 15.2 Å². The van der Waals surface area contributed by atoms with E-state index in [1.165, 1.54) is 17.4 Å². The van der Waals surface area contributed by atoms with Crippen LogP contribution in [-0.4, -0.2) is 56.7 Å². The van der Waals surface area contributed by atoms with E-state index in [9.17, 15) is 9.18 Å². The highest BCUT2D eigenvalue weighted by atomic mass is 32.2. The average molecular weight is 495 g/mol. The molecular formula is C24H23FN6OS2. The van der Waals surface area contributed by atoms with Gasteiger partial charge in [-0.1, -0.05) is 42.1 Å². The number of hydrogen-bond donors (Lipinski definition) is 0. The lowest BCUT2D eigenvalue weighted by molar-refractivity contribution is 0.0741. The zero-order valence-electron chi connectivity index (χ0n) is 18.6. The zero-order valence-corrected chi connectivity index (χ0v) is 20.2. The third-order valence-corrected chi connectivity index (χ3v) is 7.64. The number of aromatic nitrogens is 4. The first-order chi connectivity index (χ1) is 16.6. The van der Waals surface area contributed by atoms with Crippen molar-refractivity contribution in [3.8, 4) is 5.69 Å². The van der Waals surface area contributed by atoms with Gasteiger partial charge in [0.25, 0.3) is 5.91 Å². The molecule has 1 amide bonds. The fourth-order valence-electron chi connectivity index (χ4n) is 3.93. The Labute approximate surface area is 205 Å². The summed E-state index contributed by atoms with van der Waals surface area (Å²) in [5.41, 5.74) is 2.05. The van der Waals surface area contributed by atoms with Crippen molar-refractivity contribution in [1.29, 1.82) is 0 Å². The van der Waals surface area contributed by atoms with Crippen LogP contribution in [0.15, 0.2) is 65.1 Å². The minimum Gasteiger partial charge on any atom is -0.366 e. The minimum absolute atomic E-state index is 0.0796. The molecule has 0 N–H and O–H groups in total. The zero-order chi connectivity index (χ0) is 23.5. The van der Waals surface area contributed by atoms with Gasteiger partial charge in [-0.25, -0.2) is 9.37 Å². The van der Waals surface area contributed by atoms with Gasteiger partial charge in [0.2, 0.25) is 0 Å². The monoisotopic (exact) mass is 494 g/mol. The van der Waals surface area contributed by atoms with Gasteiger partial charge in [-0.15, -0.1) is 21.5 Å².